The van der Waals surface area contributed by atoms with Crippen molar-refractivity contribution in [3.8, 4) is 11.7 Å². The van der Waals surface area contributed by atoms with E-state index in [-0.39, 0.29) is 5.88 Å². The molecular formula is C8H7N5O2. The molecule has 0 bridgehead atoms. The number of nitrogens with zero attached hydrogens (tertiary/aromatic N) is 5. The Kier molecular flexibility index (Phi) is 2.36. The molecular weight excluding hydrogens is 198 g/mol. The molecule has 15 heavy (non-hydrogen) atoms. The van der Waals surface area contributed by atoms with Gasteiger partial charge in [-0.05, 0) is 16.5 Å². The zero-order valence-corrected chi connectivity index (χ0v) is 7.86. The topological polar surface area (TPSA) is 82.8 Å². The zero-order chi connectivity index (χ0) is 10.7. The van der Waals surface area contributed by atoms with Crippen molar-refractivity contribution >= 4 is 5.97 Å². The minimum Gasteiger partial charge on any atom is -0.408 e. The van der Waals surface area contributed by atoms with Crippen LogP contribution in [0.3, 0.4) is 0 Å². The molecule has 0 aliphatic carbocycles. The Hall–Kier alpha value is -2.31. The van der Waals surface area contributed by atoms with Gasteiger partial charge in [0.15, 0.2) is 5.82 Å². The average molecular weight is 205 g/mol. The van der Waals surface area contributed by atoms with Crippen LogP contribution in [0, 0.1) is 0 Å². The predicted molar refractivity (Wildman–Crippen MR) is 48.3 cm³/mol. The molecule has 0 unspecified atom stereocenters. The highest BCUT2D eigenvalue weighted by atomic mass is 16.5. The van der Waals surface area contributed by atoms with Crippen molar-refractivity contribution in [3.63, 3.8) is 0 Å². The van der Waals surface area contributed by atoms with Gasteiger partial charge in [0.05, 0.1) is 0 Å². The second-order valence-electron chi connectivity index (χ2n) is 2.68. The van der Waals surface area contributed by atoms with Crippen LogP contribution >= 0.6 is 0 Å². The minimum absolute atomic E-state index is 0.218. The number of hydrogen-bond donors (Lipinski definition) is 0. The Bertz CT molecular complexity index is 468. The van der Waals surface area contributed by atoms with E-state index in [9.17, 15) is 4.79 Å². The van der Waals surface area contributed by atoms with Crippen LogP contribution in [-0.4, -0.2) is 31.2 Å². The van der Waals surface area contributed by atoms with Crippen LogP contribution in [-0.2, 0) is 4.79 Å². The van der Waals surface area contributed by atoms with Crippen LogP contribution in [0.2, 0.25) is 0 Å². The quantitative estimate of drug-likeness (QED) is 0.641. The zero-order valence-electron chi connectivity index (χ0n) is 7.86. The predicted octanol–water partition coefficient (Wildman–Crippen LogP) is -0.0174. The number of aromatic nitrogens is 5. The Morgan fingerprint density at radius 2 is 2.33 bits per heavy atom. The summed E-state index contributed by atoms with van der Waals surface area (Å²) < 4.78 is 6.19. The molecule has 0 aliphatic heterocycles. The molecule has 2 aromatic heterocycles. The standard InChI is InChI=1S/C8H7N5O2/c1-6(14)15-8-4-2-3-7(10-8)13-5-9-11-12-13/h2-5H,1H3. The summed E-state index contributed by atoms with van der Waals surface area (Å²) in [4.78, 5) is 14.7. The largest absolute Gasteiger partial charge is 0.408 e. The number of pyridine rings is 1. The summed E-state index contributed by atoms with van der Waals surface area (Å²) in [7, 11) is 0. The Balaban J connectivity index is 2.31. The minimum atomic E-state index is -0.420. The number of carbonyl (C=O) groups excluding carboxylic acids is 1. The summed E-state index contributed by atoms with van der Waals surface area (Å²) in [5.41, 5.74) is 0. The van der Waals surface area contributed by atoms with Crippen LogP contribution in [0.1, 0.15) is 6.92 Å². The first kappa shape index (κ1) is 9.25. The van der Waals surface area contributed by atoms with Gasteiger partial charge in [0.2, 0.25) is 5.88 Å². The molecule has 0 spiro atoms. The van der Waals surface area contributed by atoms with Gasteiger partial charge in [-0.15, -0.1) is 5.10 Å². The van der Waals surface area contributed by atoms with E-state index in [4.69, 9.17) is 4.74 Å². The molecule has 0 fully saturated rings. The maximum atomic E-state index is 10.7. The molecule has 0 saturated heterocycles. The van der Waals surface area contributed by atoms with Crippen molar-refractivity contribution < 1.29 is 9.53 Å². The van der Waals surface area contributed by atoms with Gasteiger partial charge < -0.3 is 4.74 Å². The molecule has 0 saturated carbocycles. The van der Waals surface area contributed by atoms with Crippen LogP contribution < -0.4 is 4.74 Å². The third kappa shape index (κ3) is 2.13. The van der Waals surface area contributed by atoms with E-state index in [0.717, 1.165) is 0 Å². The summed E-state index contributed by atoms with van der Waals surface area (Å²) in [6, 6.07) is 4.97. The summed E-state index contributed by atoms with van der Waals surface area (Å²) in [5, 5.41) is 10.6. The fourth-order valence-corrected chi connectivity index (χ4v) is 1.00. The van der Waals surface area contributed by atoms with E-state index in [1.165, 1.54) is 17.9 Å². The van der Waals surface area contributed by atoms with Crippen molar-refractivity contribution in [1.82, 2.24) is 25.2 Å². The second-order valence-corrected chi connectivity index (χ2v) is 2.68. The first-order valence-corrected chi connectivity index (χ1v) is 4.14. The fourth-order valence-electron chi connectivity index (χ4n) is 1.00. The summed E-state index contributed by atoms with van der Waals surface area (Å²) in [6.45, 7) is 1.31. The molecule has 2 rings (SSSR count). The number of rotatable bonds is 2. The lowest BCUT2D eigenvalue weighted by molar-refractivity contribution is -0.132. The molecule has 7 heteroatoms. The van der Waals surface area contributed by atoms with Gasteiger partial charge in [-0.1, -0.05) is 6.07 Å². The molecule has 0 radical (unpaired) electrons. The normalized spacial score (nSPS) is 9.93. The molecule has 0 aromatic carbocycles. The average Bonchev–Trinajstić information content (AvgIpc) is 2.69. The summed E-state index contributed by atoms with van der Waals surface area (Å²) in [5.74, 6) is 0.283. The van der Waals surface area contributed by atoms with Crippen LogP contribution in [0.25, 0.3) is 5.82 Å². The monoisotopic (exact) mass is 205 g/mol. The van der Waals surface area contributed by atoms with E-state index in [2.05, 4.69) is 20.5 Å². The summed E-state index contributed by atoms with van der Waals surface area (Å²) in [6.07, 6.45) is 1.40. The van der Waals surface area contributed by atoms with E-state index >= 15 is 0 Å². The highest BCUT2D eigenvalue weighted by Gasteiger charge is 2.03. The van der Waals surface area contributed by atoms with Gasteiger partial charge in [-0.3, -0.25) is 4.79 Å². The van der Waals surface area contributed by atoms with Crippen LogP contribution in [0.5, 0.6) is 5.88 Å². The van der Waals surface area contributed by atoms with E-state index in [0.29, 0.717) is 5.82 Å². The SMILES string of the molecule is CC(=O)Oc1cccc(-n2cnnn2)n1. The molecule has 0 N–H and O–H groups in total. The molecule has 76 valence electrons. The van der Waals surface area contributed by atoms with E-state index < -0.39 is 5.97 Å². The van der Waals surface area contributed by atoms with Crippen molar-refractivity contribution in [2.75, 3.05) is 0 Å². The van der Waals surface area contributed by atoms with E-state index in [1.54, 1.807) is 18.2 Å². The number of carbonyl (C=O) groups is 1. The fraction of sp³-hybridized carbons (Fsp3) is 0.125. The second kappa shape index (κ2) is 3.82. The lowest BCUT2D eigenvalue weighted by atomic mass is 10.4. The smallest absolute Gasteiger partial charge is 0.309 e. The molecule has 0 aliphatic rings. The maximum Gasteiger partial charge on any atom is 0.309 e. The first-order chi connectivity index (χ1) is 7.25. The highest BCUT2D eigenvalue weighted by molar-refractivity contribution is 5.68. The van der Waals surface area contributed by atoms with Crippen molar-refractivity contribution in [3.05, 3.63) is 24.5 Å². The lowest BCUT2D eigenvalue weighted by Gasteiger charge is -2.01. The van der Waals surface area contributed by atoms with Gasteiger partial charge >= 0.3 is 5.97 Å². The van der Waals surface area contributed by atoms with Gasteiger partial charge in [-0.2, -0.15) is 9.67 Å². The third-order valence-electron chi connectivity index (χ3n) is 1.54. The molecule has 2 heterocycles. The van der Waals surface area contributed by atoms with Crippen molar-refractivity contribution in [1.29, 1.82) is 0 Å². The molecule has 0 atom stereocenters. The van der Waals surface area contributed by atoms with Gasteiger partial charge in [0.1, 0.15) is 6.33 Å². The third-order valence-corrected chi connectivity index (χ3v) is 1.54. The van der Waals surface area contributed by atoms with Crippen molar-refractivity contribution in [2.45, 2.75) is 6.92 Å². The van der Waals surface area contributed by atoms with Gasteiger partial charge in [0.25, 0.3) is 0 Å². The highest BCUT2D eigenvalue weighted by Crippen LogP contribution is 2.09. The molecule has 0 amide bonds. The van der Waals surface area contributed by atoms with Crippen molar-refractivity contribution in [2.24, 2.45) is 0 Å². The number of tetrazole rings is 1. The molecule has 7 nitrogen and oxygen atoms in total. The summed E-state index contributed by atoms with van der Waals surface area (Å²) >= 11 is 0. The maximum absolute atomic E-state index is 10.7. The van der Waals surface area contributed by atoms with Crippen LogP contribution in [0.15, 0.2) is 24.5 Å². The molecule has 2 aromatic rings. The van der Waals surface area contributed by atoms with E-state index in [1.807, 2.05) is 0 Å². The first-order valence-electron chi connectivity index (χ1n) is 4.14. The Morgan fingerprint density at radius 3 is 3.00 bits per heavy atom. The Labute approximate surface area is 84.7 Å². The number of ether oxygens (including phenoxy) is 1. The van der Waals surface area contributed by atoms with Crippen LogP contribution in [0.4, 0.5) is 0 Å². The lowest BCUT2D eigenvalue weighted by Crippen LogP contribution is -2.05. The van der Waals surface area contributed by atoms with Gasteiger partial charge in [0, 0.05) is 13.0 Å². The Morgan fingerprint density at radius 1 is 1.47 bits per heavy atom. The number of hydrogen-bond acceptors (Lipinski definition) is 6. The number of esters is 1. The van der Waals surface area contributed by atoms with Gasteiger partial charge in [-0.25, -0.2) is 0 Å².